The van der Waals surface area contributed by atoms with Gasteiger partial charge in [-0.25, -0.2) is 0 Å². The predicted octanol–water partition coefficient (Wildman–Crippen LogP) is 1.73. The molecule has 1 fully saturated rings. The van der Waals surface area contributed by atoms with Crippen molar-refractivity contribution in [3.8, 4) is 11.5 Å². The Hall–Kier alpha value is -3.14. The monoisotopic (exact) mass is 401 g/mol. The maximum Gasteiger partial charge on any atom is 0.309 e. The number of nitrogens with zero attached hydrogens (tertiary/aromatic N) is 5. The van der Waals surface area contributed by atoms with E-state index in [1.54, 1.807) is 18.7 Å². The number of nitro groups is 1. The number of aromatic nitrogens is 2. The zero-order valence-corrected chi connectivity index (χ0v) is 16.4. The van der Waals surface area contributed by atoms with Crippen LogP contribution in [0.4, 0.5) is 5.69 Å². The summed E-state index contributed by atoms with van der Waals surface area (Å²) in [5, 5.41) is 15.2. The Balaban J connectivity index is 1.33. The third-order valence-corrected chi connectivity index (χ3v) is 5.37. The number of fused-ring (bicyclic) bond motifs is 1. The highest BCUT2D eigenvalue weighted by molar-refractivity contribution is 5.80. The van der Waals surface area contributed by atoms with Gasteiger partial charge < -0.3 is 14.4 Å². The van der Waals surface area contributed by atoms with Crippen LogP contribution in [0.2, 0.25) is 0 Å². The van der Waals surface area contributed by atoms with E-state index >= 15 is 0 Å². The Kier molecular flexibility index (Phi) is 5.10. The van der Waals surface area contributed by atoms with Crippen molar-refractivity contribution < 1.29 is 19.2 Å². The molecule has 0 spiro atoms. The Morgan fingerprint density at radius 2 is 1.97 bits per heavy atom. The van der Waals surface area contributed by atoms with Gasteiger partial charge in [-0.2, -0.15) is 5.10 Å². The SMILES string of the molecule is Cc1nn(C(C)C(=O)N2CCN(Cc3ccc4c(c3)OCO4)CC2)cc1[N+](=O)[O-]. The minimum absolute atomic E-state index is 0.0711. The minimum atomic E-state index is -0.581. The molecule has 0 N–H and O–H groups in total. The van der Waals surface area contributed by atoms with Gasteiger partial charge in [-0.05, 0) is 31.5 Å². The zero-order valence-electron chi connectivity index (χ0n) is 16.4. The van der Waals surface area contributed by atoms with E-state index in [-0.39, 0.29) is 18.4 Å². The lowest BCUT2D eigenvalue weighted by Crippen LogP contribution is -2.49. The Morgan fingerprint density at radius 1 is 1.24 bits per heavy atom. The molecule has 1 aromatic carbocycles. The van der Waals surface area contributed by atoms with Crippen LogP contribution < -0.4 is 9.47 Å². The van der Waals surface area contributed by atoms with Crippen LogP contribution in [0.25, 0.3) is 0 Å². The molecule has 1 amide bonds. The molecule has 2 aliphatic rings. The molecule has 154 valence electrons. The number of ether oxygens (including phenoxy) is 2. The van der Waals surface area contributed by atoms with Gasteiger partial charge in [0.1, 0.15) is 17.9 Å². The lowest BCUT2D eigenvalue weighted by atomic mass is 10.1. The summed E-state index contributed by atoms with van der Waals surface area (Å²) in [5.41, 5.74) is 1.38. The molecule has 1 saturated heterocycles. The quantitative estimate of drug-likeness (QED) is 0.555. The second-order valence-corrected chi connectivity index (χ2v) is 7.30. The average molecular weight is 401 g/mol. The standard InChI is InChI=1S/C19H23N5O5/c1-13-16(24(26)27)11-23(20-13)14(2)19(25)22-7-5-21(6-8-22)10-15-3-4-17-18(9-15)29-12-28-17/h3-4,9,11,14H,5-8,10,12H2,1-2H3. The lowest BCUT2D eigenvalue weighted by molar-refractivity contribution is -0.385. The highest BCUT2D eigenvalue weighted by Crippen LogP contribution is 2.33. The van der Waals surface area contributed by atoms with Crippen LogP contribution in [0.15, 0.2) is 24.4 Å². The van der Waals surface area contributed by atoms with Crippen LogP contribution in [0.1, 0.15) is 24.2 Å². The largest absolute Gasteiger partial charge is 0.454 e. The van der Waals surface area contributed by atoms with E-state index in [4.69, 9.17) is 9.47 Å². The van der Waals surface area contributed by atoms with E-state index in [9.17, 15) is 14.9 Å². The van der Waals surface area contributed by atoms with Gasteiger partial charge in [0.25, 0.3) is 0 Å². The Morgan fingerprint density at radius 3 is 2.66 bits per heavy atom. The molecule has 0 radical (unpaired) electrons. The van der Waals surface area contributed by atoms with Crippen molar-refractivity contribution in [2.24, 2.45) is 0 Å². The van der Waals surface area contributed by atoms with Crippen LogP contribution in [0.3, 0.4) is 0 Å². The van der Waals surface area contributed by atoms with Crippen LogP contribution in [0, 0.1) is 17.0 Å². The van der Waals surface area contributed by atoms with Gasteiger partial charge >= 0.3 is 5.69 Å². The fourth-order valence-corrected chi connectivity index (χ4v) is 3.65. The van der Waals surface area contributed by atoms with Crippen molar-refractivity contribution in [3.05, 3.63) is 45.8 Å². The number of rotatable bonds is 5. The molecule has 2 aliphatic heterocycles. The van der Waals surface area contributed by atoms with Crippen molar-refractivity contribution in [1.82, 2.24) is 19.6 Å². The van der Waals surface area contributed by atoms with Crippen LogP contribution in [-0.4, -0.2) is 63.4 Å². The average Bonchev–Trinajstić information content (AvgIpc) is 3.33. The molecule has 0 bridgehead atoms. The number of carbonyl (C=O) groups is 1. The first-order valence-electron chi connectivity index (χ1n) is 9.52. The first kappa shape index (κ1) is 19.2. The highest BCUT2D eigenvalue weighted by atomic mass is 16.7. The fourth-order valence-electron chi connectivity index (χ4n) is 3.65. The molecule has 1 atom stereocenters. The molecule has 10 nitrogen and oxygen atoms in total. The number of hydrogen-bond donors (Lipinski definition) is 0. The van der Waals surface area contributed by atoms with Crippen molar-refractivity contribution in [2.75, 3.05) is 33.0 Å². The van der Waals surface area contributed by atoms with Crippen LogP contribution in [0.5, 0.6) is 11.5 Å². The molecule has 10 heteroatoms. The van der Waals surface area contributed by atoms with Crippen molar-refractivity contribution in [1.29, 1.82) is 0 Å². The van der Waals surface area contributed by atoms with E-state index in [1.165, 1.54) is 10.9 Å². The van der Waals surface area contributed by atoms with Crippen LogP contribution in [-0.2, 0) is 11.3 Å². The molecule has 29 heavy (non-hydrogen) atoms. The van der Waals surface area contributed by atoms with Gasteiger partial charge in [-0.15, -0.1) is 0 Å². The van der Waals surface area contributed by atoms with Gasteiger partial charge in [0.05, 0.1) is 4.92 Å². The first-order chi connectivity index (χ1) is 13.9. The first-order valence-corrected chi connectivity index (χ1v) is 9.52. The molecule has 2 aromatic rings. The summed E-state index contributed by atoms with van der Waals surface area (Å²) in [6, 6.07) is 5.36. The number of carbonyl (C=O) groups excluding carboxylic acids is 1. The van der Waals surface area contributed by atoms with E-state index in [0.29, 0.717) is 18.8 Å². The molecule has 3 heterocycles. The number of hydrogen-bond acceptors (Lipinski definition) is 7. The lowest BCUT2D eigenvalue weighted by Gasteiger charge is -2.36. The Bertz CT molecular complexity index is 935. The molecule has 0 aliphatic carbocycles. The maximum absolute atomic E-state index is 12.8. The molecular formula is C19H23N5O5. The summed E-state index contributed by atoms with van der Waals surface area (Å²) in [7, 11) is 0. The summed E-state index contributed by atoms with van der Waals surface area (Å²) >= 11 is 0. The number of piperazine rings is 1. The summed E-state index contributed by atoms with van der Waals surface area (Å²) in [6.07, 6.45) is 1.33. The van der Waals surface area contributed by atoms with Crippen LogP contribution >= 0.6 is 0 Å². The zero-order chi connectivity index (χ0) is 20.5. The topological polar surface area (TPSA) is 103 Å². The smallest absolute Gasteiger partial charge is 0.309 e. The molecule has 0 saturated carbocycles. The fraction of sp³-hybridized carbons (Fsp3) is 0.474. The summed E-state index contributed by atoms with van der Waals surface area (Å²) in [5.74, 6) is 1.46. The van der Waals surface area contributed by atoms with Gasteiger partial charge in [0.2, 0.25) is 12.7 Å². The van der Waals surface area contributed by atoms with E-state index < -0.39 is 11.0 Å². The summed E-state index contributed by atoms with van der Waals surface area (Å²) in [6.45, 7) is 7.05. The number of aryl methyl sites for hydroxylation is 1. The van der Waals surface area contributed by atoms with Crippen molar-refractivity contribution in [2.45, 2.75) is 26.4 Å². The van der Waals surface area contributed by atoms with E-state index in [2.05, 4.69) is 10.00 Å². The van der Waals surface area contributed by atoms with E-state index in [1.807, 2.05) is 18.2 Å². The maximum atomic E-state index is 12.8. The third kappa shape index (κ3) is 3.88. The Labute approximate surface area is 167 Å². The highest BCUT2D eigenvalue weighted by Gasteiger charge is 2.28. The van der Waals surface area contributed by atoms with Gasteiger partial charge in [0.15, 0.2) is 11.5 Å². The molecule has 1 aromatic heterocycles. The van der Waals surface area contributed by atoms with Gasteiger partial charge in [-0.1, -0.05) is 6.07 Å². The molecular weight excluding hydrogens is 378 g/mol. The summed E-state index contributed by atoms with van der Waals surface area (Å²) in [4.78, 5) is 27.4. The predicted molar refractivity (Wildman–Crippen MR) is 103 cm³/mol. The second-order valence-electron chi connectivity index (χ2n) is 7.30. The minimum Gasteiger partial charge on any atom is -0.454 e. The summed E-state index contributed by atoms with van der Waals surface area (Å²) < 4.78 is 12.1. The molecule has 1 unspecified atom stereocenters. The van der Waals surface area contributed by atoms with Gasteiger partial charge in [0, 0.05) is 32.7 Å². The van der Waals surface area contributed by atoms with Gasteiger partial charge in [-0.3, -0.25) is 24.5 Å². The normalized spacial score (nSPS) is 17.4. The van der Waals surface area contributed by atoms with Crippen molar-refractivity contribution in [3.63, 3.8) is 0 Å². The number of benzene rings is 1. The van der Waals surface area contributed by atoms with Crippen molar-refractivity contribution >= 4 is 11.6 Å². The number of amides is 1. The second kappa shape index (κ2) is 7.70. The third-order valence-electron chi connectivity index (χ3n) is 5.37. The molecule has 4 rings (SSSR count). The van der Waals surface area contributed by atoms with E-state index in [0.717, 1.165) is 36.7 Å².